The van der Waals surface area contributed by atoms with Gasteiger partial charge >= 0.3 is 0 Å². The summed E-state index contributed by atoms with van der Waals surface area (Å²) in [5.41, 5.74) is 13.7. The van der Waals surface area contributed by atoms with Gasteiger partial charge in [-0.25, -0.2) is 0 Å². The van der Waals surface area contributed by atoms with E-state index in [2.05, 4.69) is 12.1 Å². The summed E-state index contributed by atoms with van der Waals surface area (Å²) in [6, 6.07) is 13.4. The Labute approximate surface area is 109 Å². The molecule has 4 N–H and O–H groups in total. The lowest BCUT2D eigenvalue weighted by Gasteiger charge is -2.22. The van der Waals surface area contributed by atoms with Crippen LogP contribution in [-0.2, 0) is 0 Å². The molecule has 0 saturated heterocycles. The molecular weight excluding hydrogens is 244 g/mol. The van der Waals surface area contributed by atoms with Crippen molar-refractivity contribution in [1.29, 1.82) is 10.5 Å². The summed E-state index contributed by atoms with van der Waals surface area (Å²) in [6.45, 7) is 0. The maximum atomic E-state index is 9.22. The van der Waals surface area contributed by atoms with Gasteiger partial charge in [-0.15, -0.1) is 0 Å². The topological polar surface area (TPSA) is 99.6 Å². The molecule has 0 spiro atoms. The Kier molecular flexibility index (Phi) is 3.38. The van der Waals surface area contributed by atoms with Crippen LogP contribution < -0.4 is 11.5 Å². The van der Waals surface area contributed by atoms with E-state index in [4.69, 9.17) is 11.5 Å². The summed E-state index contributed by atoms with van der Waals surface area (Å²) < 4.78 is 0. The third-order valence-electron chi connectivity index (χ3n) is 2.60. The first-order valence-corrected chi connectivity index (χ1v) is 6.09. The molecule has 1 atom stereocenters. The van der Waals surface area contributed by atoms with Crippen LogP contribution in [0.15, 0.2) is 46.5 Å². The van der Waals surface area contributed by atoms with Gasteiger partial charge in [0.1, 0.15) is 6.07 Å². The Hall–Kier alpha value is -2.21. The Bertz CT molecular complexity index is 617. The molecular formula is C13H10N4S. The van der Waals surface area contributed by atoms with Crippen LogP contribution in [0.3, 0.4) is 0 Å². The summed E-state index contributed by atoms with van der Waals surface area (Å²) in [4.78, 5) is 0. The molecule has 5 heteroatoms. The van der Waals surface area contributed by atoms with Crippen molar-refractivity contribution in [2.45, 2.75) is 5.37 Å². The molecule has 1 aromatic rings. The van der Waals surface area contributed by atoms with E-state index in [0.717, 1.165) is 17.3 Å². The number of nitriles is 2. The maximum Gasteiger partial charge on any atom is 0.103 e. The molecule has 88 valence electrons. The second-order valence-electron chi connectivity index (χ2n) is 3.66. The van der Waals surface area contributed by atoms with Gasteiger partial charge in [-0.3, -0.25) is 0 Å². The molecule has 1 aliphatic heterocycles. The highest BCUT2D eigenvalue weighted by Gasteiger charge is 2.27. The van der Waals surface area contributed by atoms with Gasteiger partial charge in [0, 0.05) is 5.57 Å². The molecule has 0 fully saturated rings. The molecule has 1 heterocycles. The predicted octanol–water partition coefficient (Wildman–Crippen LogP) is 1.69. The van der Waals surface area contributed by atoms with Gasteiger partial charge in [-0.2, -0.15) is 10.5 Å². The fraction of sp³-hybridized carbons (Fsp3) is 0.0769. The molecule has 2 rings (SSSR count). The van der Waals surface area contributed by atoms with E-state index in [1.54, 1.807) is 0 Å². The van der Waals surface area contributed by atoms with Crippen LogP contribution in [0.1, 0.15) is 5.56 Å². The number of rotatable bonds is 1. The Morgan fingerprint density at radius 2 is 1.78 bits per heavy atom. The summed E-state index contributed by atoms with van der Waals surface area (Å²) in [6.07, 6.45) is 0. The number of benzene rings is 1. The molecule has 4 nitrogen and oxygen atoms in total. The van der Waals surface area contributed by atoms with Crippen LogP contribution in [-0.4, -0.2) is 5.37 Å². The number of nitrogens with zero attached hydrogens (tertiary/aromatic N) is 2. The molecule has 0 aliphatic carbocycles. The second-order valence-corrected chi connectivity index (χ2v) is 4.84. The highest BCUT2D eigenvalue weighted by atomic mass is 32.2. The van der Waals surface area contributed by atoms with Gasteiger partial charge in [0.15, 0.2) is 0 Å². The molecule has 0 amide bonds. The average Bonchev–Trinajstić information content (AvgIpc) is 2.39. The average molecular weight is 254 g/mol. The van der Waals surface area contributed by atoms with Crippen molar-refractivity contribution in [3.63, 3.8) is 0 Å². The van der Waals surface area contributed by atoms with Gasteiger partial charge in [-0.1, -0.05) is 42.1 Å². The third-order valence-corrected chi connectivity index (χ3v) is 3.55. The van der Waals surface area contributed by atoms with E-state index in [1.807, 2.05) is 30.3 Å². The highest BCUT2D eigenvalue weighted by molar-refractivity contribution is 8.03. The first kappa shape index (κ1) is 12.3. The fourth-order valence-electron chi connectivity index (χ4n) is 1.79. The molecule has 1 unspecified atom stereocenters. The van der Waals surface area contributed by atoms with E-state index in [0.29, 0.717) is 21.7 Å². The molecule has 1 aromatic carbocycles. The number of hydrogen-bond acceptors (Lipinski definition) is 5. The number of nitrogens with two attached hydrogens (primary N) is 2. The van der Waals surface area contributed by atoms with E-state index in [1.165, 1.54) is 0 Å². The van der Waals surface area contributed by atoms with Crippen molar-refractivity contribution >= 4 is 17.3 Å². The van der Waals surface area contributed by atoms with Crippen molar-refractivity contribution < 1.29 is 0 Å². The molecule has 1 aliphatic rings. The minimum atomic E-state index is -0.526. The van der Waals surface area contributed by atoms with Crippen molar-refractivity contribution in [3.05, 3.63) is 52.1 Å². The lowest BCUT2D eigenvalue weighted by molar-refractivity contribution is 1.10. The van der Waals surface area contributed by atoms with Crippen LogP contribution in [0.5, 0.6) is 0 Å². The summed E-state index contributed by atoms with van der Waals surface area (Å²) >= 11 is 1.14. The SMILES string of the molecule is N#CC1=C(N)SC(N)C(C#N)=C1c1ccccc1. The maximum absolute atomic E-state index is 9.22. The van der Waals surface area contributed by atoms with E-state index >= 15 is 0 Å². The van der Waals surface area contributed by atoms with Crippen LogP contribution >= 0.6 is 11.8 Å². The van der Waals surface area contributed by atoms with Gasteiger partial charge < -0.3 is 11.5 Å². The molecule has 0 bridgehead atoms. The van der Waals surface area contributed by atoms with Crippen LogP contribution in [0.2, 0.25) is 0 Å². The summed E-state index contributed by atoms with van der Waals surface area (Å²) in [5, 5.41) is 18.3. The van der Waals surface area contributed by atoms with Gasteiger partial charge in [-0.05, 0) is 5.56 Å². The zero-order valence-electron chi connectivity index (χ0n) is 9.42. The van der Waals surface area contributed by atoms with Crippen LogP contribution in [0, 0.1) is 22.7 Å². The molecule has 18 heavy (non-hydrogen) atoms. The minimum absolute atomic E-state index is 0.324. The summed E-state index contributed by atoms with van der Waals surface area (Å²) in [7, 11) is 0. The summed E-state index contributed by atoms with van der Waals surface area (Å²) in [5.74, 6) is 0. The van der Waals surface area contributed by atoms with Crippen molar-refractivity contribution in [1.82, 2.24) is 0 Å². The smallest absolute Gasteiger partial charge is 0.103 e. The second kappa shape index (κ2) is 4.97. The first-order valence-electron chi connectivity index (χ1n) is 5.21. The quantitative estimate of drug-likeness (QED) is 0.794. The van der Waals surface area contributed by atoms with Gasteiger partial charge in [0.25, 0.3) is 0 Å². The van der Waals surface area contributed by atoms with E-state index in [-0.39, 0.29) is 0 Å². The van der Waals surface area contributed by atoms with Crippen LogP contribution in [0.4, 0.5) is 0 Å². The number of hydrogen-bond donors (Lipinski definition) is 2. The normalized spacial score (nSPS) is 19.4. The van der Waals surface area contributed by atoms with Crippen molar-refractivity contribution in [2.75, 3.05) is 0 Å². The molecule has 0 saturated carbocycles. The minimum Gasteiger partial charge on any atom is -0.392 e. The standard InChI is InChI=1S/C13H10N4S/c14-6-9-11(8-4-2-1-3-5-8)10(7-15)13(17)18-12(9)16/h1-5,12H,16-17H2. The predicted molar refractivity (Wildman–Crippen MR) is 71.4 cm³/mol. The monoisotopic (exact) mass is 254 g/mol. The van der Waals surface area contributed by atoms with Crippen molar-refractivity contribution in [3.8, 4) is 12.1 Å². The first-order chi connectivity index (χ1) is 8.69. The number of allylic oxidation sites excluding steroid dienone is 2. The van der Waals surface area contributed by atoms with E-state index in [9.17, 15) is 10.5 Å². The Balaban J connectivity index is 2.72. The van der Waals surface area contributed by atoms with Crippen LogP contribution in [0.25, 0.3) is 5.57 Å². The Morgan fingerprint density at radius 1 is 1.11 bits per heavy atom. The fourth-order valence-corrected chi connectivity index (χ4v) is 2.62. The molecule has 0 aromatic heterocycles. The lowest BCUT2D eigenvalue weighted by atomic mass is 9.94. The third kappa shape index (κ3) is 1.98. The largest absolute Gasteiger partial charge is 0.392 e. The van der Waals surface area contributed by atoms with E-state index < -0.39 is 5.37 Å². The lowest BCUT2D eigenvalue weighted by Crippen LogP contribution is -2.25. The zero-order valence-corrected chi connectivity index (χ0v) is 10.2. The Morgan fingerprint density at radius 3 is 2.33 bits per heavy atom. The van der Waals surface area contributed by atoms with Gasteiger partial charge in [0.05, 0.1) is 27.6 Å². The zero-order chi connectivity index (χ0) is 13.1. The van der Waals surface area contributed by atoms with Gasteiger partial charge in [0.2, 0.25) is 0 Å². The van der Waals surface area contributed by atoms with Crippen molar-refractivity contribution in [2.24, 2.45) is 11.5 Å². The number of thioether (sulfide) groups is 1. The highest BCUT2D eigenvalue weighted by Crippen LogP contribution is 2.39. The molecule has 0 radical (unpaired) electrons.